The van der Waals surface area contributed by atoms with E-state index in [1.165, 1.54) is 18.4 Å². The smallest absolute Gasteiger partial charge is 0.181 e. The van der Waals surface area contributed by atoms with Crippen molar-refractivity contribution in [2.45, 2.75) is 128 Å². The molecule has 0 amide bonds. The van der Waals surface area contributed by atoms with Crippen LogP contribution in [0.1, 0.15) is 106 Å². The fraction of sp³-hybridized carbons (Fsp3) is 0.771. The summed E-state index contributed by atoms with van der Waals surface area (Å²) in [7, 11) is -3.60. The Morgan fingerprint density at radius 2 is 1.73 bits per heavy atom. The van der Waals surface area contributed by atoms with Gasteiger partial charge in [0.15, 0.2) is 9.84 Å². The van der Waals surface area contributed by atoms with Gasteiger partial charge < -0.3 is 10.2 Å². The summed E-state index contributed by atoms with van der Waals surface area (Å²) in [5, 5.41) is 21.6. The second-order valence-electron chi connectivity index (χ2n) is 15.5. The molecule has 5 heteroatoms. The number of rotatable bonds is 7. The third-order valence-corrected chi connectivity index (χ3v) is 14.8. The van der Waals surface area contributed by atoms with Crippen LogP contribution in [-0.4, -0.2) is 35.6 Å². The third kappa shape index (κ3) is 5.26. The highest BCUT2D eigenvalue weighted by Gasteiger charge is 2.58. The summed E-state index contributed by atoms with van der Waals surface area (Å²) in [6.07, 6.45) is 11.6. The number of hydrogen-bond acceptors (Lipinski definition) is 4. The fourth-order valence-electron chi connectivity index (χ4n) is 9.81. The Kier molecular flexibility index (Phi) is 8.20. The summed E-state index contributed by atoms with van der Waals surface area (Å²) in [4.78, 5) is 0.380. The minimum atomic E-state index is -3.60. The van der Waals surface area contributed by atoms with Crippen LogP contribution in [0.5, 0.6) is 0 Å². The zero-order chi connectivity index (χ0) is 29.1. The lowest BCUT2D eigenvalue weighted by molar-refractivity contribution is -0.0468. The van der Waals surface area contributed by atoms with Gasteiger partial charge in [0.2, 0.25) is 0 Å². The number of benzene rings is 1. The topological polar surface area (TPSA) is 74.6 Å². The van der Waals surface area contributed by atoms with Crippen LogP contribution in [0.3, 0.4) is 0 Å². The third-order valence-electron chi connectivity index (χ3n) is 12.5. The highest BCUT2D eigenvalue weighted by atomic mass is 32.2. The van der Waals surface area contributed by atoms with E-state index in [1.807, 2.05) is 26.8 Å². The summed E-state index contributed by atoms with van der Waals surface area (Å²) in [6, 6.07) is 8.92. The second kappa shape index (κ2) is 10.8. The molecule has 0 heterocycles. The summed E-state index contributed by atoms with van der Waals surface area (Å²) in [6.45, 7) is 12.8. The summed E-state index contributed by atoms with van der Waals surface area (Å²) >= 11 is 0. The first-order valence-corrected chi connectivity index (χ1v) is 17.6. The lowest BCUT2D eigenvalue weighted by Gasteiger charge is -2.55. The van der Waals surface area contributed by atoms with E-state index in [2.05, 4.69) is 26.8 Å². The van der Waals surface area contributed by atoms with Crippen LogP contribution in [0.15, 0.2) is 46.9 Å². The molecule has 4 aliphatic carbocycles. The first kappa shape index (κ1) is 30.3. The molecule has 1 aromatic rings. The van der Waals surface area contributed by atoms with Crippen molar-refractivity contribution in [1.29, 1.82) is 0 Å². The van der Waals surface area contributed by atoms with Gasteiger partial charge in [0.1, 0.15) is 0 Å². The van der Waals surface area contributed by atoms with Crippen molar-refractivity contribution in [3.8, 4) is 0 Å². The zero-order valence-corrected chi connectivity index (χ0v) is 26.6. The van der Waals surface area contributed by atoms with Gasteiger partial charge in [-0.05, 0) is 123 Å². The van der Waals surface area contributed by atoms with Crippen molar-refractivity contribution >= 4 is 9.84 Å². The average Bonchev–Trinajstić information content (AvgIpc) is 3.28. The molecule has 0 aliphatic heterocycles. The molecule has 4 aliphatic rings. The molecule has 0 aromatic heterocycles. The lowest BCUT2D eigenvalue weighted by Crippen LogP contribution is -2.49. The molecule has 2 N–H and O–H groups in total. The van der Waals surface area contributed by atoms with E-state index in [0.29, 0.717) is 34.5 Å². The number of hydrogen-bond donors (Lipinski definition) is 2. The highest BCUT2D eigenvalue weighted by Crippen LogP contribution is 2.65. The summed E-state index contributed by atoms with van der Waals surface area (Å²) in [5.41, 5.74) is 0.763. The predicted molar refractivity (Wildman–Crippen MR) is 162 cm³/mol. The van der Waals surface area contributed by atoms with Crippen LogP contribution < -0.4 is 0 Å². The Morgan fingerprint density at radius 3 is 2.38 bits per heavy atom. The predicted octanol–water partition coefficient (Wildman–Crippen LogP) is 7.59. The first-order valence-electron chi connectivity index (χ1n) is 16.1. The Bertz CT molecular complexity index is 1180. The maximum atomic E-state index is 14.2. The molecule has 10 atom stereocenters. The van der Waals surface area contributed by atoms with E-state index in [9.17, 15) is 18.6 Å². The van der Waals surface area contributed by atoms with E-state index in [-0.39, 0.29) is 23.2 Å². The molecule has 224 valence electrons. The van der Waals surface area contributed by atoms with Crippen LogP contribution in [0.4, 0.5) is 0 Å². The molecule has 0 bridgehead atoms. The Balaban J connectivity index is 1.42. The summed E-state index contributed by atoms with van der Waals surface area (Å²) in [5.74, 6) is 2.92. The fourth-order valence-corrected chi connectivity index (χ4v) is 11.9. The Morgan fingerprint density at radius 1 is 1.02 bits per heavy atom. The molecular formula is C35H54O4S. The molecule has 0 radical (unpaired) electrons. The van der Waals surface area contributed by atoms with Gasteiger partial charge in [0.25, 0.3) is 0 Å². The van der Waals surface area contributed by atoms with Gasteiger partial charge in [-0.3, -0.25) is 0 Å². The normalized spacial score (nSPS) is 38.4. The van der Waals surface area contributed by atoms with Gasteiger partial charge in [-0.25, -0.2) is 8.42 Å². The van der Waals surface area contributed by atoms with Gasteiger partial charge in [-0.2, -0.15) is 0 Å². The van der Waals surface area contributed by atoms with Gasteiger partial charge in [-0.15, -0.1) is 0 Å². The average molecular weight is 571 g/mol. The summed E-state index contributed by atoms with van der Waals surface area (Å²) < 4.78 is 28.4. The minimum Gasteiger partial charge on any atom is -0.393 e. The van der Waals surface area contributed by atoms with Gasteiger partial charge in [-0.1, -0.05) is 71.4 Å². The van der Waals surface area contributed by atoms with E-state index in [0.717, 1.165) is 44.9 Å². The molecule has 5 rings (SSSR count). The minimum absolute atomic E-state index is 0.0299. The SMILES string of the molecule is CC[C@]1(O)CC[C@H]2C(=CC[C@@H]3C2CC[C@]2(C)[C@@H]([C@H](C)C(C[C@H](O)C(C)(C)C)S(=O)(=O)c4ccccc4)CC[C@@H]32)C1. The van der Waals surface area contributed by atoms with Crippen molar-refractivity contribution in [2.24, 2.45) is 46.3 Å². The van der Waals surface area contributed by atoms with Crippen LogP contribution >= 0.6 is 0 Å². The van der Waals surface area contributed by atoms with Crippen molar-refractivity contribution in [3.05, 3.63) is 42.0 Å². The van der Waals surface area contributed by atoms with Crippen molar-refractivity contribution in [2.75, 3.05) is 0 Å². The van der Waals surface area contributed by atoms with Crippen LogP contribution in [0.2, 0.25) is 0 Å². The standard InChI is InChI=1S/C35H54O4S/c1-7-35(37)20-18-26-24(22-35)13-14-28-27(26)17-19-34(6)29(15-16-30(28)34)23(2)31(21-32(36)33(3,4)5)40(38,39)25-11-9-8-10-12-25/h8-13,23,26-32,36-37H,7,14-22H2,1-6H3/t23-,26-,27?,28+,29+,30-,31?,32-,34+,35-/m0/s1. The Labute approximate surface area is 244 Å². The van der Waals surface area contributed by atoms with Crippen LogP contribution in [0.25, 0.3) is 0 Å². The zero-order valence-electron chi connectivity index (χ0n) is 25.8. The molecule has 40 heavy (non-hydrogen) atoms. The molecule has 1 aromatic carbocycles. The van der Waals surface area contributed by atoms with Gasteiger partial charge in [0, 0.05) is 0 Å². The van der Waals surface area contributed by atoms with Crippen LogP contribution in [0, 0.1) is 46.3 Å². The number of aliphatic hydroxyl groups excluding tert-OH is 1. The molecule has 2 unspecified atom stereocenters. The quantitative estimate of drug-likeness (QED) is 0.331. The van der Waals surface area contributed by atoms with Crippen LogP contribution in [-0.2, 0) is 9.84 Å². The van der Waals surface area contributed by atoms with E-state index < -0.39 is 26.8 Å². The number of aliphatic hydroxyl groups is 2. The lowest BCUT2D eigenvalue weighted by atomic mass is 9.50. The van der Waals surface area contributed by atoms with Crippen molar-refractivity contribution < 1.29 is 18.6 Å². The first-order chi connectivity index (χ1) is 18.7. The van der Waals surface area contributed by atoms with E-state index in [4.69, 9.17) is 0 Å². The van der Waals surface area contributed by atoms with E-state index >= 15 is 0 Å². The second-order valence-corrected chi connectivity index (χ2v) is 17.6. The number of sulfone groups is 1. The molecule has 0 saturated heterocycles. The number of allylic oxidation sites excluding steroid dienone is 1. The molecule has 3 fully saturated rings. The maximum Gasteiger partial charge on any atom is 0.181 e. The van der Waals surface area contributed by atoms with Crippen molar-refractivity contribution in [1.82, 2.24) is 0 Å². The molecule has 0 spiro atoms. The largest absolute Gasteiger partial charge is 0.393 e. The Hall–Kier alpha value is -1.17. The number of fused-ring (bicyclic) bond motifs is 5. The molecule has 4 nitrogen and oxygen atoms in total. The highest BCUT2D eigenvalue weighted by molar-refractivity contribution is 7.92. The monoisotopic (exact) mass is 570 g/mol. The van der Waals surface area contributed by atoms with Gasteiger partial charge >= 0.3 is 0 Å². The van der Waals surface area contributed by atoms with E-state index in [1.54, 1.807) is 24.3 Å². The van der Waals surface area contributed by atoms with Crippen molar-refractivity contribution in [3.63, 3.8) is 0 Å². The van der Waals surface area contributed by atoms with Gasteiger partial charge in [0.05, 0.1) is 21.9 Å². The molecule has 3 saturated carbocycles. The maximum absolute atomic E-state index is 14.2. The molecular weight excluding hydrogens is 516 g/mol.